The normalized spacial score (nSPS) is 17.8. The SMILES string of the molecule is C=C(Nc1c(C)cccc1C)C1CCCCN1CCCCCC[N+](CO)(CCCCO)CC(=O)N/C=C(C)/C=C\C=C\C. The third kappa shape index (κ3) is 13.2. The Morgan fingerprint density at radius 2 is 1.74 bits per heavy atom. The molecule has 0 bridgehead atoms. The lowest BCUT2D eigenvalue weighted by atomic mass is 9.98. The van der Waals surface area contributed by atoms with Gasteiger partial charge in [-0.15, -0.1) is 0 Å². The van der Waals surface area contributed by atoms with Crippen molar-refractivity contribution in [3.63, 3.8) is 0 Å². The van der Waals surface area contributed by atoms with E-state index in [-0.39, 0.29) is 25.8 Å². The first-order valence-electron chi connectivity index (χ1n) is 16.3. The molecule has 1 fully saturated rings. The van der Waals surface area contributed by atoms with Gasteiger partial charge < -0.3 is 20.8 Å². The van der Waals surface area contributed by atoms with Crippen LogP contribution in [0.4, 0.5) is 5.69 Å². The minimum Gasteiger partial charge on any atom is -0.396 e. The molecule has 1 aliphatic rings. The molecule has 2 atom stereocenters. The highest BCUT2D eigenvalue weighted by Gasteiger charge is 2.29. The van der Waals surface area contributed by atoms with Gasteiger partial charge >= 0.3 is 0 Å². The molecule has 0 saturated carbocycles. The summed E-state index contributed by atoms with van der Waals surface area (Å²) < 4.78 is 0.338. The molecule has 7 nitrogen and oxygen atoms in total. The second-order valence-corrected chi connectivity index (χ2v) is 12.2. The number of hydrogen-bond acceptors (Lipinski definition) is 5. The second-order valence-electron chi connectivity index (χ2n) is 12.2. The van der Waals surface area contributed by atoms with Crippen molar-refractivity contribution in [3.05, 3.63) is 77.7 Å². The number of aryl methyl sites for hydroxylation is 2. The zero-order valence-corrected chi connectivity index (χ0v) is 27.4. The molecule has 4 N–H and O–H groups in total. The maximum atomic E-state index is 12.8. The van der Waals surface area contributed by atoms with Crippen LogP contribution >= 0.6 is 0 Å². The van der Waals surface area contributed by atoms with Crippen molar-refractivity contribution < 1.29 is 19.5 Å². The molecule has 1 amide bonds. The molecule has 0 aliphatic carbocycles. The van der Waals surface area contributed by atoms with Gasteiger partial charge in [0.1, 0.15) is 0 Å². The summed E-state index contributed by atoms with van der Waals surface area (Å²) in [6.07, 6.45) is 18.8. The van der Waals surface area contributed by atoms with Gasteiger partial charge in [-0.05, 0) is 102 Å². The number of quaternary nitrogens is 1. The molecule has 7 heteroatoms. The van der Waals surface area contributed by atoms with E-state index in [1.165, 1.54) is 29.7 Å². The lowest BCUT2D eigenvalue weighted by Crippen LogP contribution is -2.54. The second kappa shape index (κ2) is 20.3. The van der Waals surface area contributed by atoms with Gasteiger partial charge in [-0.1, -0.05) is 61.9 Å². The number of likely N-dealkylation sites (tertiary alicyclic amines) is 1. The first-order valence-corrected chi connectivity index (χ1v) is 16.3. The van der Waals surface area contributed by atoms with Gasteiger partial charge in [-0.3, -0.25) is 14.2 Å². The lowest BCUT2D eigenvalue weighted by Gasteiger charge is -2.37. The fourth-order valence-electron chi connectivity index (χ4n) is 5.96. The van der Waals surface area contributed by atoms with Crippen LogP contribution in [-0.2, 0) is 4.79 Å². The highest BCUT2D eigenvalue weighted by atomic mass is 16.3. The number of aliphatic hydroxyl groups is 2. The zero-order chi connectivity index (χ0) is 31.5. The summed E-state index contributed by atoms with van der Waals surface area (Å²) in [5.74, 6) is -0.0947. The van der Waals surface area contributed by atoms with E-state index in [2.05, 4.69) is 54.2 Å². The van der Waals surface area contributed by atoms with Crippen LogP contribution in [0.15, 0.2) is 66.6 Å². The summed E-state index contributed by atoms with van der Waals surface area (Å²) in [7, 11) is 0. The number of unbranched alkanes of at least 4 members (excludes halogenated alkanes) is 4. The van der Waals surface area contributed by atoms with Crippen LogP contribution in [0.2, 0.25) is 0 Å². The molecule has 1 aromatic rings. The fourth-order valence-corrected chi connectivity index (χ4v) is 5.96. The molecule has 1 aliphatic heterocycles. The average molecular weight is 596 g/mol. The number of para-hydroxylation sites is 1. The highest BCUT2D eigenvalue weighted by molar-refractivity contribution is 5.78. The molecule has 240 valence electrons. The molecule has 1 heterocycles. The van der Waals surface area contributed by atoms with E-state index < -0.39 is 0 Å². The van der Waals surface area contributed by atoms with Crippen molar-refractivity contribution in [2.75, 3.05) is 51.4 Å². The van der Waals surface area contributed by atoms with Gasteiger partial charge in [-0.2, -0.15) is 0 Å². The summed E-state index contributed by atoms with van der Waals surface area (Å²) in [5, 5.41) is 26.3. The molecule has 43 heavy (non-hydrogen) atoms. The van der Waals surface area contributed by atoms with E-state index in [0.717, 1.165) is 69.4 Å². The topological polar surface area (TPSA) is 84.8 Å². The Balaban J connectivity index is 1.86. The molecule has 2 unspecified atom stereocenters. The van der Waals surface area contributed by atoms with Crippen molar-refractivity contribution in [3.8, 4) is 0 Å². The van der Waals surface area contributed by atoms with Crippen molar-refractivity contribution in [1.82, 2.24) is 10.2 Å². The van der Waals surface area contributed by atoms with Gasteiger partial charge in [-0.25, -0.2) is 0 Å². The Morgan fingerprint density at radius 1 is 1.05 bits per heavy atom. The van der Waals surface area contributed by atoms with E-state index in [1.807, 2.05) is 38.2 Å². The quantitative estimate of drug-likeness (QED) is 0.0612. The number of benzene rings is 1. The fraction of sp³-hybridized carbons (Fsp3) is 0.583. The first-order chi connectivity index (χ1) is 20.7. The first kappa shape index (κ1) is 36.5. The summed E-state index contributed by atoms with van der Waals surface area (Å²) in [5.41, 5.74) is 5.73. The molecule has 2 rings (SSSR count). The van der Waals surface area contributed by atoms with Crippen LogP contribution < -0.4 is 10.6 Å². The minimum absolute atomic E-state index is 0.0757. The summed E-state index contributed by atoms with van der Waals surface area (Å²) in [4.78, 5) is 15.4. The molecular weight excluding hydrogens is 536 g/mol. The van der Waals surface area contributed by atoms with Gasteiger partial charge in [0.2, 0.25) is 0 Å². The standard InChI is InChI=1S/C36H58N4O3/c1-6-7-10-18-30(2)27-37-35(43)28-40(29-42,25-15-16-26-41)24-14-9-8-12-22-39-23-13-11-21-34(39)33(5)38-36-31(3)19-17-20-32(36)4/h6-7,10,17-20,27,34,38,41-42H,5,8-9,11-16,21-26,28-29H2,1-4H3/p+1/b7-6+,18-10-,30-27+. The number of carbonyl (C=O) groups excluding carboxylic acids is 1. The summed E-state index contributed by atoms with van der Waals surface area (Å²) in [6.45, 7) is 16.5. The van der Waals surface area contributed by atoms with E-state index in [0.29, 0.717) is 23.5 Å². The number of aliphatic hydroxyl groups excluding tert-OH is 2. The Labute approximate surface area is 261 Å². The number of carbonyl (C=O) groups is 1. The van der Waals surface area contributed by atoms with Gasteiger partial charge in [0.05, 0.1) is 13.1 Å². The number of nitrogens with one attached hydrogen (secondary N) is 2. The average Bonchev–Trinajstić information content (AvgIpc) is 3.00. The van der Waals surface area contributed by atoms with Crippen LogP contribution in [0.5, 0.6) is 0 Å². The molecule has 0 spiro atoms. The molecule has 0 radical (unpaired) electrons. The van der Waals surface area contributed by atoms with Gasteiger partial charge in [0.25, 0.3) is 5.91 Å². The smallest absolute Gasteiger partial charge is 0.279 e. The van der Waals surface area contributed by atoms with Crippen LogP contribution in [0.25, 0.3) is 0 Å². The van der Waals surface area contributed by atoms with Crippen LogP contribution in [0.1, 0.15) is 82.8 Å². The number of allylic oxidation sites excluding steroid dienone is 5. The Morgan fingerprint density at radius 3 is 2.42 bits per heavy atom. The Hall–Kier alpha value is -2.71. The van der Waals surface area contributed by atoms with Crippen molar-refractivity contribution >= 4 is 11.6 Å². The predicted molar refractivity (Wildman–Crippen MR) is 180 cm³/mol. The summed E-state index contributed by atoms with van der Waals surface area (Å²) in [6, 6.07) is 6.75. The zero-order valence-electron chi connectivity index (χ0n) is 27.4. The van der Waals surface area contributed by atoms with Crippen molar-refractivity contribution in [2.24, 2.45) is 0 Å². The number of anilines is 1. The van der Waals surface area contributed by atoms with E-state index in [9.17, 15) is 15.0 Å². The van der Waals surface area contributed by atoms with Gasteiger partial charge in [0, 0.05) is 30.2 Å². The molecule has 0 aromatic heterocycles. The third-order valence-electron chi connectivity index (χ3n) is 8.55. The van der Waals surface area contributed by atoms with E-state index >= 15 is 0 Å². The molecule has 1 saturated heterocycles. The Bertz CT molecular complexity index is 1060. The highest BCUT2D eigenvalue weighted by Crippen LogP contribution is 2.27. The number of hydrogen-bond donors (Lipinski definition) is 4. The lowest BCUT2D eigenvalue weighted by molar-refractivity contribution is -0.938. The number of piperidine rings is 1. The molecular formula is C36H59N4O3+. The van der Waals surface area contributed by atoms with Crippen LogP contribution in [0.3, 0.4) is 0 Å². The minimum atomic E-state index is -0.0947. The monoisotopic (exact) mass is 595 g/mol. The number of nitrogens with zero attached hydrogens (tertiary/aromatic N) is 2. The number of rotatable bonds is 20. The van der Waals surface area contributed by atoms with Gasteiger partial charge in [0.15, 0.2) is 13.3 Å². The van der Waals surface area contributed by atoms with E-state index in [4.69, 9.17) is 0 Å². The Kier molecular flexibility index (Phi) is 17.2. The maximum absolute atomic E-state index is 12.8. The van der Waals surface area contributed by atoms with Crippen LogP contribution in [-0.4, -0.2) is 77.6 Å². The van der Waals surface area contributed by atoms with Crippen molar-refractivity contribution in [1.29, 1.82) is 0 Å². The van der Waals surface area contributed by atoms with Crippen molar-refractivity contribution in [2.45, 2.75) is 91.5 Å². The van der Waals surface area contributed by atoms with E-state index in [1.54, 1.807) is 6.20 Å². The number of amides is 1. The maximum Gasteiger partial charge on any atom is 0.279 e. The van der Waals surface area contributed by atoms with Crippen LogP contribution in [0, 0.1) is 13.8 Å². The molecule has 1 aromatic carbocycles. The largest absolute Gasteiger partial charge is 0.396 e. The summed E-state index contributed by atoms with van der Waals surface area (Å²) >= 11 is 0. The predicted octanol–water partition coefficient (Wildman–Crippen LogP) is 6.34. The third-order valence-corrected chi connectivity index (χ3v) is 8.55.